The van der Waals surface area contributed by atoms with Gasteiger partial charge >= 0.3 is 0 Å². The molecular formula is C26H29Zr-. The van der Waals surface area contributed by atoms with Crippen molar-refractivity contribution in [3.8, 4) is 11.1 Å². The molecule has 2 aliphatic rings. The molecule has 27 heavy (non-hydrogen) atoms. The summed E-state index contributed by atoms with van der Waals surface area (Å²) in [5, 5.41) is 2.65. The summed E-state index contributed by atoms with van der Waals surface area (Å²) in [7, 11) is 0. The molecule has 2 aromatic rings. The van der Waals surface area contributed by atoms with Crippen LogP contribution in [-0.4, -0.2) is 0 Å². The molecule has 1 heteroatoms. The Morgan fingerprint density at radius 2 is 1.74 bits per heavy atom. The number of hydrogen-bond acceptors (Lipinski definition) is 0. The normalized spacial score (nSPS) is 17.8. The maximum Gasteiger partial charge on any atom is 0 e. The van der Waals surface area contributed by atoms with E-state index in [0.29, 0.717) is 0 Å². The topological polar surface area (TPSA) is 0 Å². The van der Waals surface area contributed by atoms with Crippen molar-refractivity contribution in [3.63, 3.8) is 0 Å². The summed E-state index contributed by atoms with van der Waals surface area (Å²) in [6.45, 7) is 4.44. The third-order valence-corrected chi connectivity index (χ3v) is 5.89. The zero-order valence-corrected chi connectivity index (χ0v) is 19.1. The van der Waals surface area contributed by atoms with Gasteiger partial charge in [0.2, 0.25) is 0 Å². The van der Waals surface area contributed by atoms with Gasteiger partial charge in [0.15, 0.2) is 0 Å². The SMILES string of the molecule is CCCc1ccc(-c2ccc(C)c3c2=CC(=CC2CCCCC2)[C-]=3)cc1.[Zr]. The van der Waals surface area contributed by atoms with Gasteiger partial charge in [-0.25, -0.2) is 0 Å². The average molecular weight is 433 g/mol. The predicted molar refractivity (Wildman–Crippen MR) is 112 cm³/mol. The first-order valence-corrected chi connectivity index (χ1v) is 10.3. The molecule has 0 amide bonds. The van der Waals surface area contributed by atoms with Crippen molar-refractivity contribution in [2.24, 2.45) is 5.92 Å². The number of fused-ring (bicyclic) bond motifs is 1. The fourth-order valence-electron chi connectivity index (χ4n) is 4.42. The van der Waals surface area contributed by atoms with Crippen molar-refractivity contribution in [1.82, 2.24) is 0 Å². The monoisotopic (exact) mass is 431 g/mol. The second-order valence-corrected chi connectivity index (χ2v) is 7.96. The van der Waals surface area contributed by atoms with Crippen molar-refractivity contribution in [1.29, 1.82) is 0 Å². The van der Waals surface area contributed by atoms with Crippen LogP contribution in [0.5, 0.6) is 0 Å². The molecule has 4 rings (SSSR count). The first-order chi connectivity index (χ1) is 12.7. The van der Waals surface area contributed by atoms with Gasteiger partial charge in [-0.1, -0.05) is 94.3 Å². The molecule has 1 fully saturated rings. The summed E-state index contributed by atoms with van der Waals surface area (Å²) in [5.41, 5.74) is 6.71. The molecule has 0 heterocycles. The minimum atomic E-state index is 0. The van der Waals surface area contributed by atoms with E-state index in [2.05, 4.69) is 68.5 Å². The van der Waals surface area contributed by atoms with E-state index >= 15 is 0 Å². The average Bonchev–Trinajstić information content (AvgIpc) is 3.08. The van der Waals surface area contributed by atoms with Crippen LogP contribution in [-0.2, 0) is 32.6 Å². The van der Waals surface area contributed by atoms with Gasteiger partial charge in [0.05, 0.1) is 0 Å². The van der Waals surface area contributed by atoms with Crippen LogP contribution in [0.1, 0.15) is 56.6 Å². The van der Waals surface area contributed by atoms with Crippen LogP contribution < -0.4 is 10.4 Å². The number of allylic oxidation sites excluding steroid dienone is 2. The van der Waals surface area contributed by atoms with Gasteiger partial charge in [-0.2, -0.15) is 0 Å². The summed E-state index contributed by atoms with van der Waals surface area (Å²) >= 11 is 0. The van der Waals surface area contributed by atoms with Crippen LogP contribution in [0.25, 0.3) is 23.3 Å². The second kappa shape index (κ2) is 9.33. The molecule has 2 aromatic carbocycles. The number of rotatable bonds is 4. The molecule has 0 atom stereocenters. The van der Waals surface area contributed by atoms with E-state index in [-0.39, 0.29) is 26.2 Å². The van der Waals surface area contributed by atoms with Crippen molar-refractivity contribution in [2.45, 2.75) is 58.8 Å². The molecule has 0 saturated heterocycles. The molecule has 0 N–H and O–H groups in total. The van der Waals surface area contributed by atoms with Gasteiger partial charge in [0, 0.05) is 26.2 Å². The zero-order valence-electron chi connectivity index (χ0n) is 16.6. The predicted octanol–water partition coefficient (Wildman–Crippen LogP) is 5.57. The molecule has 0 aromatic heterocycles. The van der Waals surface area contributed by atoms with Crippen LogP contribution >= 0.6 is 0 Å². The number of hydrogen-bond donors (Lipinski definition) is 0. The zero-order chi connectivity index (χ0) is 17.9. The van der Waals surface area contributed by atoms with Gasteiger partial charge in [0.1, 0.15) is 0 Å². The van der Waals surface area contributed by atoms with E-state index in [0.717, 1.165) is 12.3 Å². The quantitative estimate of drug-likeness (QED) is 0.554. The second-order valence-electron chi connectivity index (χ2n) is 7.96. The van der Waals surface area contributed by atoms with Crippen molar-refractivity contribution < 1.29 is 26.2 Å². The smallest absolute Gasteiger partial charge is 0 e. The third-order valence-electron chi connectivity index (χ3n) is 5.89. The Balaban J connectivity index is 0.00000210. The minimum Gasteiger partial charge on any atom is -0.145 e. The number of aryl methyl sites for hydroxylation is 2. The van der Waals surface area contributed by atoms with E-state index in [4.69, 9.17) is 0 Å². The summed E-state index contributed by atoms with van der Waals surface area (Å²) in [5.74, 6) is 0.744. The van der Waals surface area contributed by atoms with Crippen LogP contribution in [0.2, 0.25) is 0 Å². The van der Waals surface area contributed by atoms with E-state index < -0.39 is 0 Å². The Morgan fingerprint density at radius 1 is 1.00 bits per heavy atom. The van der Waals surface area contributed by atoms with Crippen LogP contribution in [0.4, 0.5) is 0 Å². The molecule has 2 aliphatic carbocycles. The maximum atomic E-state index is 3.70. The molecule has 0 spiro atoms. The van der Waals surface area contributed by atoms with E-state index in [1.54, 1.807) is 0 Å². The standard InChI is InChI=1S/C26H29.Zr/c1-3-7-20-11-13-23(14-12-20)24-15-10-19(2)25-17-22(18-26(24)25)16-21-8-5-4-6-9-21;/h10-16,18,21H,3-9H2,1-2H3;/q-1;. The van der Waals surface area contributed by atoms with Gasteiger partial charge in [-0.3, -0.25) is 0 Å². The third kappa shape index (κ3) is 4.63. The first-order valence-electron chi connectivity index (χ1n) is 10.3. The maximum absolute atomic E-state index is 3.70. The van der Waals surface area contributed by atoms with Gasteiger partial charge in [-0.05, 0) is 23.5 Å². The van der Waals surface area contributed by atoms with E-state index in [9.17, 15) is 0 Å². The summed E-state index contributed by atoms with van der Waals surface area (Å²) < 4.78 is 0. The Hall–Kier alpha value is -1.20. The Morgan fingerprint density at radius 3 is 2.44 bits per heavy atom. The fourth-order valence-corrected chi connectivity index (χ4v) is 4.42. The summed E-state index contributed by atoms with van der Waals surface area (Å²) in [4.78, 5) is 0. The van der Waals surface area contributed by atoms with Crippen LogP contribution in [0, 0.1) is 12.8 Å². The Bertz CT molecular complexity index is 925. The van der Waals surface area contributed by atoms with Crippen LogP contribution in [0.15, 0.2) is 48.0 Å². The minimum absolute atomic E-state index is 0. The molecule has 0 radical (unpaired) electrons. The van der Waals surface area contributed by atoms with Gasteiger partial charge in [0.25, 0.3) is 0 Å². The molecular weight excluding hydrogens is 404 g/mol. The fraction of sp³-hybridized carbons (Fsp3) is 0.385. The van der Waals surface area contributed by atoms with E-state index in [1.807, 2.05) is 0 Å². The van der Waals surface area contributed by atoms with Crippen LogP contribution in [0.3, 0.4) is 0 Å². The molecule has 0 bridgehead atoms. The largest absolute Gasteiger partial charge is 0.145 e. The van der Waals surface area contributed by atoms with E-state index in [1.165, 1.54) is 76.8 Å². The first kappa shape index (κ1) is 20.5. The molecule has 0 nitrogen and oxygen atoms in total. The Labute approximate surface area is 183 Å². The molecule has 138 valence electrons. The number of benzene rings is 2. The van der Waals surface area contributed by atoms with Crippen molar-refractivity contribution in [2.75, 3.05) is 0 Å². The molecule has 0 aliphatic heterocycles. The van der Waals surface area contributed by atoms with Crippen molar-refractivity contribution >= 4 is 12.2 Å². The molecule has 1 saturated carbocycles. The van der Waals surface area contributed by atoms with Crippen molar-refractivity contribution in [3.05, 3.63) is 69.6 Å². The summed E-state index contributed by atoms with van der Waals surface area (Å²) in [6.07, 6.45) is 17.8. The Kier molecular flexibility index (Phi) is 7.10. The van der Waals surface area contributed by atoms with Gasteiger partial charge in [-0.15, -0.1) is 39.8 Å². The molecule has 0 unspecified atom stereocenters. The van der Waals surface area contributed by atoms with Gasteiger partial charge < -0.3 is 0 Å². The summed E-state index contributed by atoms with van der Waals surface area (Å²) in [6, 6.07) is 13.7.